The van der Waals surface area contributed by atoms with Crippen LogP contribution in [0.25, 0.3) is 0 Å². The summed E-state index contributed by atoms with van der Waals surface area (Å²) in [5.41, 5.74) is 0.571. The van der Waals surface area contributed by atoms with Crippen molar-refractivity contribution in [3.8, 4) is 5.75 Å². The normalized spacial score (nSPS) is 14.6. The first-order valence-corrected chi connectivity index (χ1v) is 10.3. The molecule has 32 heavy (non-hydrogen) atoms. The van der Waals surface area contributed by atoms with Crippen LogP contribution < -0.4 is 4.74 Å². The highest BCUT2D eigenvalue weighted by molar-refractivity contribution is 6.30. The lowest BCUT2D eigenvalue weighted by Crippen LogP contribution is -2.48. The summed E-state index contributed by atoms with van der Waals surface area (Å²) in [4.78, 5) is 16.4. The van der Waals surface area contributed by atoms with Gasteiger partial charge in [0, 0.05) is 50.6 Å². The van der Waals surface area contributed by atoms with Gasteiger partial charge in [0.15, 0.2) is 24.1 Å². The van der Waals surface area contributed by atoms with Gasteiger partial charge in [0.05, 0.1) is 5.02 Å². The number of nitrogens with zero attached hydrogens (tertiary/aromatic N) is 4. The molecule has 6 nitrogen and oxygen atoms in total. The fourth-order valence-corrected chi connectivity index (χ4v) is 3.61. The van der Waals surface area contributed by atoms with Gasteiger partial charge in [-0.3, -0.25) is 9.69 Å². The van der Waals surface area contributed by atoms with Crippen LogP contribution in [-0.2, 0) is 13.3 Å². The van der Waals surface area contributed by atoms with Gasteiger partial charge in [-0.2, -0.15) is 5.10 Å². The number of rotatable bonds is 6. The monoisotopic (exact) mass is 464 g/mol. The van der Waals surface area contributed by atoms with Crippen LogP contribution in [0, 0.1) is 17.5 Å². The summed E-state index contributed by atoms with van der Waals surface area (Å²) in [6, 6.07) is 9.75. The van der Waals surface area contributed by atoms with E-state index in [1.165, 1.54) is 28.9 Å². The van der Waals surface area contributed by atoms with E-state index in [0.29, 0.717) is 37.5 Å². The predicted molar refractivity (Wildman–Crippen MR) is 112 cm³/mol. The second-order valence-electron chi connectivity index (χ2n) is 7.37. The Kier molecular flexibility index (Phi) is 6.66. The highest BCUT2D eigenvalue weighted by Gasteiger charge is 2.24. The lowest BCUT2D eigenvalue weighted by Gasteiger charge is -2.34. The average Bonchev–Trinajstić information content (AvgIpc) is 3.27. The number of hydrogen-bond donors (Lipinski definition) is 0. The number of ether oxygens (including phenoxy) is 1. The molecule has 10 heteroatoms. The molecule has 1 fully saturated rings. The van der Waals surface area contributed by atoms with Crippen molar-refractivity contribution in [1.82, 2.24) is 19.6 Å². The van der Waals surface area contributed by atoms with Gasteiger partial charge >= 0.3 is 0 Å². The minimum atomic E-state index is -0.863. The van der Waals surface area contributed by atoms with E-state index in [0.717, 1.165) is 6.07 Å². The number of carbonyl (C=O) groups excluding carboxylic acids is 1. The van der Waals surface area contributed by atoms with E-state index < -0.39 is 17.5 Å². The molecule has 1 aliphatic heterocycles. The third kappa shape index (κ3) is 5.05. The molecule has 0 bridgehead atoms. The quantitative estimate of drug-likeness (QED) is 0.554. The molecule has 1 aromatic heterocycles. The van der Waals surface area contributed by atoms with Crippen molar-refractivity contribution in [2.75, 3.05) is 26.2 Å². The Hall–Kier alpha value is -3.04. The molecule has 0 radical (unpaired) electrons. The molecule has 168 valence electrons. The van der Waals surface area contributed by atoms with Crippen LogP contribution in [0.4, 0.5) is 13.2 Å². The molecule has 0 unspecified atom stereocenters. The second-order valence-corrected chi connectivity index (χ2v) is 7.78. The lowest BCUT2D eigenvalue weighted by molar-refractivity contribution is 0.0619. The number of carbonyl (C=O) groups is 1. The predicted octanol–water partition coefficient (Wildman–Crippen LogP) is 3.95. The molecule has 4 rings (SSSR count). The zero-order valence-electron chi connectivity index (χ0n) is 17.0. The van der Waals surface area contributed by atoms with E-state index in [1.807, 2.05) is 4.90 Å². The maximum atomic E-state index is 13.9. The highest BCUT2D eigenvalue weighted by Crippen LogP contribution is 2.21. The Morgan fingerprint density at radius 3 is 2.56 bits per heavy atom. The molecule has 0 atom stereocenters. The molecule has 0 N–H and O–H groups in total. The molecule has 2 aromatic carbocycles. The fraction of sp³-hybridized carbons (Fsp3) is 0.273. The van der Waals surface area contributed by atoms with Gasteiger partial charge in [-0.25, -0.2) is 17.9 Å². The van der Waals surface area contributed by atoms with Crippen LogP contribution in [0.15, 0.2) is 48.7 Å². The van der Waals surface area contributed by atoms with Crippen LogP contribution in [0.3, 0.4) is 0 Å². The summed E-state index contributed by atoms with van der Waals surface area (Å²) in [6.45, 7) is 2.29. The van der Waals surface area contributed by atoms with Gasteiger partial charge in [0.2, 0.25) is 0 Å². The van der Waals surface area contributed by atoms with E-state index in [2.05, 4.69) is 5.10 Å². The summed E-state index contributed by atoms with van der Waals surface area (Å²) in [5.74, 6) is -2.07. The maximum Gasteiger partial charge on any atom is 0.274 e. The molecule has 1 aliphatic rings. The maximum absolute atomic E-state index is 13.9. The van der Waals surface area contributed by atoms with E-state index in [4.69, 9.17) is 16.3 Å². The Balaban J connectivity index is 1.29. The zero-order valence-corrected chi connectivity index (χ0v) is 17.7. The summed E-state index contributed by atoms with van der Waals surface area (Å²) >= 11 is 5.73. The first kappa shape index (κ1) is 22.2. The van der Waals surface area contributed by atoms with Crippen molar-refractivity contribution in [2.45, 2.75) is 13.3 Å². The van der Waals surface area contributed by atoms with Gasteiger partial charge in [0.1, 0.15) is 11.6 Å². The van der Waals surface area contributed by atoms with Crippen molar-refractivity contribution >= 4 is 17.5 Å². The number of amides is 1. The first-order valence-electron chi connectivity index (χ1n) is 9.96. The summed E-state index contributed by atoms with van der Waals surface area (Å²) in [6.07, 6.45) is 1.61. The first-order chi connectivity index (χ1) is 15.4. The van der Waals surface area contributed by atoms with Gasteiger partial charge in [-0.1, -0.05) is 23.7 Å². The number of piperazine rings is 1. The van der Waals surface area contributed by atoms with Crippen LogP contribution in [0.5, 0.6) is 5.75 Å². The lowest BCUT2D eigenvalue weighted by atomic mass is 10.1. The Bertz CT molecular complexity index is 1120. The van der Waals surface area contributed by atoms with Gasteiger partial charge < -0.3 is 9.64 Å². The SMILES string of the molecule is O=C(c1ccn(COc2ccc(F)c(Cl)c2)n1)N1CCN(Cc2cccc(F)c2F)CC1. The average molecular weight is 465 g/mol. The molecule has 1 saturated heterocycles. The van der Waals surface area contributed by atoms with E-state index in [-0.39, 0.29) is 29.9 Å². The topological polar surface area (TPSA) is 50.6 Å². The van der Waals surface area contributed by atoms with Gasteiger partial charge in [-0.05, 0) is 24.3 Å². The standard InChI is InChI=1S/C22H20ClF3N4O2/c23-17-12-16(4-5-18(17)24)32-14-30-7-6-20(27-30)22(31)29-10-8-28(9-11-29)13-15-2-1-3-19(25)21(15)26/h1-7,12H,8-11,13-14H2. The van der Waals surface area contributed by atoms with Crippen LogP contribution >= 0.6 is 11.6 Å². The Morgan fingerprint density at radius 2 is 1.81 bits per heavy atom. The molecule has 1 amide bonds. The highest BCUT2D eigenvalue weighted by atomic mass is 35.5. The van der Waals surface area contributed by atoms with E-state index in [1.54, 1.807) is 23.2 Å². The third-order valence-corrected chi connectivity index (χ3v) is 5.49. The minimum absolute atomic E-state index is 0.0300. The molecule has 3 aromatic rings. The van der Waals surface area contributed by atoms with Crippen LogP contribution in [-0.4, -0.2) is 51.7 Å². The number of hydrogen-bond acceptors (Lipinski definition) is 4. The third-order valence-electron chi connectivity index (χ3n) is 5.20. The molecular formula is C22H20ClF3N4O2. The Labute approximate surface area is 187 Å². The largest absolute Gasteiger partial charge is 0.471 e. The van der Waals surface area contributed by atoms with Crippen molar-refractivity contribution < 1.29 is 22.7 Å². The number of halogens is 4. The zero-order chi connectivity index (χ0) is 22.7. The Morgan fingerprint density at radius 1 is 1.03 bits per heavy atom. The molecule has 0 aliphatic carbocycles. The minimum Gasteiger partial charge on any atom is -0.471 e. The summed E-state index contributed by atoms with van der Waals surface area (Å²) in [7, 11) is 0. The summed E-state index contributed by atoms with van der Waals surface area (Å²) < 4.78 is 47.5. The van der Waals surface area contributed by atoms with E-state index in [9.17, 15) is 18.0 Å². The molecule has 0 spiro atoms. The second kappa shape index (κ2) is 9.62. The van der Waals surface area contributed by atoms with Crippen molar-refractivity contribution in [1.29, 1.82) is 0 Å². The fourth-order valence-electron chi connectivity index (χ4n) is 3.44. The van der Waals surface area contributed by atoms with Crippen LogP contribution in [0.2, 0.25) is 5.02 Å². The smallest absolute Gasteiger partial charge is 0.274 e. The molecular weight excluding hydrogens is 445 g/mol. The molecule has 2 heterocycles. The van der Waals surface area contributed by atoms with E-state index >= 15 is 0 Å². The summed E-state index contributed by atoms with van der Waals surface area (Å²) in [5, 5.41) is 4.19. The van der Waals surface area contributed by atoms with Gasteiger partial charge in [0.25, 0.3) is 5.91 Å². The molecule has 0 saturated carbocycles. The number of benzene rings is 2. The number of aromatic nitrogens is 2. The van der Waals surface area contributed by atoms with Crippen molar-refractivity contribution in [3.05, 3.63) is 82.4 Å². The van der Waals surface area contributed by atoms with Crippen molar-refractivity contribution in [2.24, 2.45) is 0 Å². The van der Waals surface area contributed by atoms with Crippen LogP contribution in [0.1, 0.15) is 16.1 Å². The van der Waals surface area contributed by atoms with Gasteiger partial charge in [-0.15, -0.1) is 0 Å². The van der Waals surface area contributed by atoms with Crippen molar-refractivity contribution in [3.63, 3.8) is 0 Å².